The average Bonchev–Trinajstić information content (AvgIpc) is 2.48. The summed E-state index contributed by atoms with van der Waals surface area (Å²) in [7, 11) is -3.55. The van der Waals surface area contributed by atoms with Crippen molar-refractivity contribution in [3.05, 3.63) is 54.1 Å². The van der Waals surface area contributed by atoms with Crippen molar-refractivity contribution >= 4 is 21.4 Å². The van der Waals surface area contributed by atoms with E-state index in [2.05, 4.69) is 17.0 Å². The summed E-state index contributed by atoms with van der Waals surface area (Å²) < 4.78 is 27.3. The Morgan fingerprint density at radius 1 is 1.00 bits per heavy atom. The number of benzene rings is 2. The number of sulfonamides is 1. The molecule has 0 atom stereocenters. The van der Waals surface area contributed by atoms with Gasteiger partial charge in [-0.15, -0.1) is 0 Å². The lowest BCUT2D eigenvalue weighted by molar-refractivity contribution is 0.601. The molecule has 21 heavy (non-hydrogen) atoms. The highest BCUT2D eigenvalue weighted by atomic mass is 32.2. The minimum Gasteiger partial charge on any atom is -0.385 e. The van der Waals surface area contributed by atoms with Crippen LogP contribution in [0.15, 0.2) is 53.4 Å². The fraction of sp³-hybridized carbons (Fsp3) is 0.250. The van der Waals surface area contributed by atoms with E-state index in [1.54, 1.807) is 30.3 Å². The van der Waals surface area contributed by atoms with Crippen LogP contribution < -0.4 is 10.0 Å². The Kier molecular flexibility index (Phi) is 4.85. The molecule has 2 rings (SSSR count). The third-order valence-electron chi connectivity index (χ3n) is 3.13. The van der Waals surface area contributed by atoms with Gasteiger partial charge in [0.25, 0.3) is 10.0 Å². The number of rotatable bonds is 6. The molecule has 2 aromatic rings. The van der Waals surface area contributed by atoms with E-state index in [-0.39, 0.29) is 4.90 Å². The minimum atomic E-state index is -3.55. The van der Waals surface area contributed by atoms with Gasteiger partial charge < -0.3 is 5.32 Å². The Hall–Kier alpha value is -2.01. The first-order chi connectivity index (χ1) is 10.0. The maximum atomic E-state index is 12.3. The molecule has 5 heteroatoms. The van der Waals surface area contributed by atoms with Crippen molar-refractivity contribution in [3.8, 4) is 0 Å². The molecule has 0 amide bonds. The first-order valence-corrected chi connectivity index (χ1v) is 8.43. The van der Waals surface area contributed by atoms with Gasteiger partial charge in [-0.25, -0.2) is 8.42 Å². The van der Waals surface area contributed by atoms with Gasteiger partial charge in [-0.05, 0) is 49.2 Å². The highest BCUT2D eigenvalue weighted by Gasteiger charge is 2.14. The van der Waals surface area contributed by atoms with Gasteiger partial charge in [0.1, 0.15) is 0 Å². The van der Waals surface area contributed by atoms with Gasteiger partial charge in [0, 0.05) is 12.2 Å². The molecule has 0 aliphatic heterocycles. The van der Waals surface area contributed by atoms with Crippen LogP contribution in [0.4, 0.5) is 11.4 Å². The van der Waals surface area contributed by atoms with Gasteiger partial charge in [0.2, 0.25) is 0 Å². The van der Waals surface area contributed by atoms with Crippen molar-refractivity contribution < 1.29 is 8.42 Å². The second-order valence-electron chi connectivity index (χ2n) is 4.87. The molecule has 0 aromatic heterocycles. The first kappa shape index (κ1) is 15.4. The molecule has 0 fully saturated rings. The molecule has 2 aromatic carbocycles. The van der Waals surface area contributed by atoms with Crippen LogP contribution in [0.3, 0.4) is 0 Å². The molecule has 0 spiro atoms. The van der Waals surface area contributed by atoms with E-state index in [4.69, 9.17) is 0 Å². The first-order valence-electron chi connectivity index (χ1n) is 6.95. The van der Waals surface area contributed by atoms with E-state index in [0.29, 0.717) is 5.69 Å². The molecule has 0 saturated heterocycles. The van der Waals surface area contributed by atoms with Crippen LogP contribution in [-0.2, 0) is 10.0 Å². The standard InChI is InChI=1S/C16H20N2O2S/c1-3-12-17-14-8-10-15(11-9-14)21(19,20)18-16-7-5-4-6-13(16)2/h4-11,17-18H,3,12H2,1-2H3. The number of para-hydroxylation sites is 1. The Labute approximate surface area is 126 Å². The second kappa shape index (κ2) is 6.63. The topological polar surface area (TPSA) is 58.2 Å². The summed E-state index contributed by atoms with van der Waals surface area (Å²) in [6.45, 7) is 4.82. The Morgan fingerprint density at radius 2 is 1.67 bits per heavy atom. The van der Waals surface area contributed by atoms with Crippen LogP contribution in [-0.4, -0.2) is 15.0 Å². The number of hydrogen-bond acceptors (Lipinski definition) is 3. The Bertz CT molecular complexity index is 694. The predicted octanol–water partition coefficient (Wildman–Crippen LogP) is 3.62. The van der Waals surface area contributed by atoms with Crippen LogP contribution >= 0.6 is 0 Å². The van der Waals surface area contributed by atoms with E-state index in [1.165, 1.54) is 0 Å². The summed E-state index contributed by atoms with van der Waals surface area (Å²) >= 11 is 0. The molecular formula is C16H20N2O2S. The summed E-state index contributed by atoms with van der Waals surface area (Å²) in [6, 6.07) is 14.1. The lowest BCUT2D eigenvalue weighted by atomic mass is 10.2. The van der Waals surface area contributed by atoms with E-state index >= 15 is 0 Å². The molecule has 0 unspecified atom stereocenters. The van der Waals surface area contributed by atoms with Gasteiger partial charge in [0.05, 0.1) is 10.6 Å². The van der Waals surface area contributed by atoms with Gasteiger partial charge in [0.15, 0.2) is 0 Å². The highest BCUT2D eigenvalue weighted by molar-refractivity contribution is 7.92. The molecule has 4 nitrogen and oxygen atoms in total. The molecule has 2 N–H and O–H groups in total. The highest BCUT2D eigenvalue weighted by Crippen LogP contribution is 2.20. The van der Waals surface area contributed by atoms with Crippen molar-refractivity contribution in [3.63, 3.8) is 0 Å². The summed E-state index contributed by atoms with van der Waals surface area (Å²) in [5, 5.41) is 3.22. The van der Waals surface area contributed by atoms with Crippen molar-refractivity contribution in [2.45, 2.75) is 25.2 Å². The monoisotopic (exact) mass is 304 g/mol. The summed E-state index contributed by atoms with van der Waals surface area (Å²) in [5.74, 6) is 0. The van der Waals surface area contributed by atoms with Crippen molar-refractivity contribution in [2.24, 2.45) is 0 Å². The Balaban J connectivity index is 2.18. The van der Waals surface area contributed by atoms with Gasteiger partial charge in [-0.1, -0.05) is 25.1 Å². The van der Waals surface area contributed by atoms with E-state index in [1.807, 2.05) is 25.1 Å². The number of aryl methyl sites for hydroxylation is 1. The summed E-state index contributed by atoms with van der Waals surface area (Å²) in [5.41, 5.74) is 2.42. The third-order valence-corrected chi connectivity index (χ3v) is 4.51. The quantitative estimate of drug-likeness (QED) is 0.857. The molecule has 0 radical (unpaired) electrons. The van der Waals surface area contributed by atoms with E-state index in [9.17, 15) is 8.42 Å². The maximum Gasteiger partial charge on any atom is 0.261 e. The predicted molar refractivity (Wildman–Crippen MR) is 87.2 cm³/mol. The second-order valence-corrected chi connectivity index (χ2v) is 6.55. The normalized spacial score (nSPS) is 11.1. The lowest BCUT2D eigenvalue weighted by Crippen LogP contribution is -2.13. The summed E-state index contributed by atoms with van der Waals surface area (Å²) in [4.78, 5) is 0.257. The fourth-order valence-corrected chi connectivity index (χ4v) is 3.04. The molecule has 0 bridgehead atoms. The molecule has 0 heterocycles. The summed E-state index contributed by atoms with van der Waals surface area (Å²) in [6.07, 6.45) is 1.02. The largest absolute Gasteiger partial charge is 0.385 e. The van der Waals surface area contributed by atoms with E-state index < -0.39 is 10.0 Å². The lowest BCUT2D eigenvalue weighted by Gasteiger charge is -2.11. The van der Waals surface area contributed by atoms with Crippen molar-refractivity contribution in [1.29, 1.82) is 0 Å². The zero-order chi connectivity index (χ0) is 15.3. The smallest absolute Gasteiger partial charge is 0.261 e. The number of anilines is 2. The van der Waals surface area contributed by atoms with Crippen LogP contribution in [0.2, 0.25) is 0 Å². The maximum absolute atomic E-state index is 12.3. The Morgan fingerprint density at radius 3 is 2.29 bits per heavy atom. The molecule has 0 aliphatic rings. The van der Waals surface area contributed by atoms with Crippen LogP contribution in [0.1, 0.15) is 18.9 Å². The molecule has 112 valence electrons. The van der Waals surface area contributed by atoms with Crippen molar-refractivity contribution in [1.82, 2.24) is 0 Å². The van der Waals surface area contributed by atoms with Crippen molar-refractivity contribution in [2.75, 3.05) is 16.6 Å². The molecule has 0 saturated carbocycles. The van der Waals surface area contributed by atoms with Crippen LogP contribution in [0.25, 0.3) is 0 Å². The zero-order valence-electron chi connectivity index (χ0n) is 12.3. The SMILES string of the molecule is CCCNc1ccc(S(=O)(=O)Nc2ccccc2C)cc1. The minimum absolute atomic E-state index is 0.257. The zero-order valence-corrected chi connectivity index (χ0v) is 13.1. The fourth-order valence-electron chi connectivity index (χ4n) is 1.91. The van der Waals surface area contributed by atoms with Crippen LogP contribution in [0, 0.1) is 6.92 Å². The van der Waals surface area contributed by atoms with Gasteiger partial charge in [-0.3, -0.25) is 4.72 Å². The van der Waals surface area contributed by atoms with E-state index in [0.717, 1.165) is 24.2 Å². The number of nitrogens with one attached hydrogen (secondary N) is 2. The molecular weight excluding hydrogens is 284 g/mol. The third kappa shape index (κ3) is 3.98. The van der Waals surface area contributed by atoms with Crippen LogP contribution in [0.5, 0.6) is 0 Å². The number of hydrogen-bond donors (Lipinski definition) is 2. The molecule has 0 aliphatic carbocycles. The van der Waals surface area contributed by atoms with Gasteiger partial charge >= 0.3 is 0 Å². The average molecular weight is 304 g/mol. The van der Waals surface area contributed by atoms with Gasteiger partial charge in [-0.2, -0.15) is 0 Å².